The number of hydrogen-bond acceptors (Lipinski definition) is 14. The molecule has 22 heteroatoms. The molecule has 1 saturated carbocycles. The predicted octanol–water partition coefficient (Wildman–Crippen LogP) is 5.94. The Labute approximate surface area is 427 Å². The summed E-state index contributed by atoms with van der Waals surface area (Å²) >= 11 is 0. The average Bonchev–Trinajstić information content (AvgIpc) is 3.97. The van der Waals surface area contributed by atoms with Gasteiger partial charge < -0.3 is 44.9 Å². The van der Waals surface area contributed by atoms with Crippen molar-refractivity contribution in [3.8, 4) is 5.75 Å². The van der Waals surface area contributed by atoms with Crippen molar-refractivity contribution in [2.45, 2.75) is 127 Å². The van der Waals surface area contributed by atoms with Crippen LogP contribution >= 0.6 is 0 Å². The first-order valence-electron chi connectivity index (χ1n) is 25.1. The molecule has 3 aromatic rings. The molecule has 74 heavy (non-hydrogen) atoms. The number of piperidine rings is 2. The highest BCUT2D eigenvalue weighted by Gasteiger charge is 2.49. The van der Waals surface area contributed by atoms with Crippen LogP contribution in [0.25, 0.3) is 0 Å². The first-order valence-corrected chi connectivity index (χ1v) is 25.1. The number of rotatable bonds is 18. The minimum atomic E-state index is -3.61. The van der Waals surface area contributed by atoms with Crippen LogP contribution in [0.5, 0.6) is 5.75 Å². The van der Waals surface area contributed by atoms with E-state index in [4.69, 9.17) is 14.2 Å². The second-order valence-corrected chi connectivity index (χ2v) is 20.8. The lowest BCUT2D eigenvalue weighted by Crippen LogP contribution is -2.54. The van der Waals surface area contributed by atoms with Gasteiger partial charge >= 0.3 is 5.92 Å². The molecule has 7 amide bonds. The molecule has 1 aromatic heterocycles. The van der Waals surface area contributed by atoms with Crippen molar-refractivity contribution in [1.29, 1.82) is 0 Å². The zero-order valence-electron chi connectivity index (χ0n) is 42.5. The number of halogens is 3. The Morgan fingerprint density at radius 1 is 0.892 bits per heavy atom. The fraction of sp³-hybridized carbons (Fsp3) is 0.538. The molecule has 5 heterocycles. The molecule has 8 rings (SSSR count). The zero-order valence-corrected chi connectivity index (χ0v) is 42.5. The highest BCUT2D eigenvalue weighted by molar-refractivity contribution is 6.26. The molecule has 3 fully saturated rings. The third-order valence-electron chi connectivity index (χ3n) is 14.6. The molecule has 2 saturated heterocycles. The number of nitrogens with one attached hydrogen (secondary N) is 4. The number of fused-ring (bicyclic) bond motifs is 2. The summed E-state index contributed by atoms with van der Waals surface area (Å²) in [4.78, 5) is 100. The molecule has 4 aliphatic heterocycles. The number of aromatic nitrogens is 1. The second-order valence-electron chi connectivity index (χ2n) is 20.8. The minimum Gasteiger partial charge on any atom is -0.495 e. The summed E-state index contributed by atoms with van der Waals surface area (Å²) in [5, 5.41) is 10.8. The number of likely N-dealkylation sites (tertiary alicyclic amines) is 1. The number of benzene rings is 2. The monoisotopic (exact) mass is 1030 g/mol. The molecule has 4 N–H and O–H groups in total. The van der Waals surface area contributed by atoms with Gasteiger partial charge in [0.05, 0.1) is 77.1 Å². The first kappa shape index (κ1) is 53.6. The van der Waals surface area contributed by atoms with E-state index in [-0.39, 0.29) is 76.9 Å². The third-order valence-corrected chi connectivity index (χ3v) is 14.6. The molecule has 19 nitrogen and oxygen atoms in total. The van der Waals surface area contributed by atoms with Gasteiger partial charge in [-0.3, -0.25) is 43.8 Å². The van der Waals surface area contributed by atoms with Gasteiger partial charge in [0.1, 0.15) is 30.0 Å². The van der Waals surface area contributed by atoms with E-state index in [2.05, 4.69) is 31.2 Å². The summed E-state index contributed by atoms with van der Waals surface area (Å²) in [6.45, 7) is 8.99. The molecule has 0 spiro atoms. The highest BCUT2D eigenvalue weighted by Crippen LogP contribution is 2.42. The van der Waals surface area contributed by atoms with E-state index in [0.29, 0.717) is 63.9 Å². The predicted molar refractivity (Wildman–Crippen MR) is 266 cm³/mol. The Balaban J connectivity index is 0.770. The molecule has 1 unspecified atom stereocenters. The molecular weight excluding hydrogens is 968 g/mol. The van der Waals surface area contributed by atoms with E-state index < -0.39 is 76.9 Å². The van der Waals surface area contributed by atoms with E-state index in [1.807, 2.05) is 27.7 Å². The van der Waals surface area contributed by atoms with E-state index >= 15 is 13.2 Å². The van der Waals surface area contributed by atoms with Gasteiger partial charge in [0.25, 0.3) is 23.6 Å². The largest absolute Gasteiger partial charge is 0.495 e. The van der Waals surface area contributed by atoms with E-state index in [1.54, 1.807) is 11.0 Å². The molecular formula is C52H64F3N9O10. The normalized spacial score (nSPS) is 19.8. The number of carbonyl (C=O) groups is 7. The van der Waals surface area contributed by atoms with Crippen molar-refractivity contribution in [1.82, 2.24) is 25.4 Å². The molecule has 0 radical (unpaired) electrons. The fourth-order valence-corrected chi connectivity index (χ4v) is 10.2. The van der Waals surface area contributed by atoms with Gasteiger partial charge in [0.15, 0.2) is 0 Å². The van der Waals surface area contributed by atoms with Gasteiger partial charge in [-0.05, 0) is 90.8 Å². The quantitative estimate of drug-likeness (QED) is 0.108. The van der Waals surface area contributed by atoms with Gasteiger partial charge in [-0.2, -0.15) is 8.78 Å². The van der Waals surface area contributed by atoms with Crippen molar-refractivity contribution in [3.63, 3.8) is 0 Å². The van der Waals surface area contributed by atoms with E-state index in [1.165, 1.54) is 44.6 Å². The first-order chi connectivity index (χ1) is 35.0. The van der Waals surface area contributed by atoms with Gasteiger partial charge in [0.2, 0.25) is 17.7 Å². The average molecular weight is 1030 g/mol. The van der Waals surface area contributed by atoms with E-state index in [0.717, 1.165) is 35.3 Å². The number of anilines is 5. The summed E-state index contributed by atoms with van der Waals surface area (Å²) in [5.41, 5.74) is -0.551. The molecule has 1 atom stereocenters. The van der Waals surface area contributed by atoms with Crippen LogP contribution in [-0.2, 0) is 28.7 Å². The van der Waals surface area contributed by atoms with Crippen LogP contribution in [0.4, 0.5) is 41.7 Å². The maximum atomic E-state index is 15.8. The summed E-state index contributed by atoms with van der Waals surface area (Å²) in [6, 6.07) is 6.95. The van der Waals surface area contributed by atoms with Gasteiger partial charge in [0, 0.05) is 57.3 Å². The summed E-state index contributed by atoms with van der Waals surface area (Å²) in [5.74, 6) is -9.12. The Kier molecular flexibility index (Phi) is 15.7. The Morgan fingerprint density at radius 3 is 2.31 bits per heavy atom. The van der Waals surface area contributed by atoms with E-state index in [9.17, 15) is 33.6 Å². The number of hydrogen-bond donors (Lipinski definition) is 4. The van der Waals surface area contributed by atoms with Crippen LogP contribution in [0.15, 0.2) is 42.6 Å². The minimum absolute atomic E-state index is 0.00772. The summed E-state index contributed by atoms with van der Waals surface area (Å²) in [6.07, 6.45) is 6.97. The number of pyridine rings is 1. The van der Waals surface area contributed by atoms with Gasteiger partial charge in [-0.1, -0.05) is 18.9 Å². The Bertz CT molecular complexity index is 2710. The smallest absolute Gasteiger partial charge is 0.342 e. The van der Waals surface area contributed by atoms with Crippen molar-refractivity contribution >= 4 is 69.9 Å². The Morgan fingerprint density at radius 2 is 1.61 bits per heavy atom. The number of carbonyl (C=O) groups excluding carboxylic acids is 7. The fourth-order valence-electron chi connectivity index (χ4n) is 10.2. The number of ether oxygens (including phenoxy) is 3. The lowest BCUT2D eigenvalue weighted by Gasteiger charge is -2.35. The topological polar surface area (TPSA) is 221 Å². The van der Waals surface area contributed by atoms with Crippen molar-refractivity contribution in [3.05, 3.63) is 65.1 Å². The zero-order chi connectivity index (χ0) is 53.3. The molecule has 1 aliphatic carbocycles. The number of methoxy groups -OCH3 is 1. The molecule has 0 bridgehead atoms. The molecule has 2 aromatic carbocycles. The van der Waals surface area contributed by atoms with Crippen molar-refractivity contribution in [2.75, 3.05) is 74.0 Å². The molecule has 5 aliphatic rings. The Hall–Kier alpha value is -6.65. The lowest BCUT2D eigenvalue weighted by molar-refractivity contribution is -0.140. The van der Waals surface area contributed by atoms with Crippen molar-refractivity contribution < 1.29 is 60.9 Å². The number of imide groups is 2. The maximum absolute atomic E-state index is 15.8. The van der Waals surface area contributed by atoms with Gasteiger partial charge in [-0.15, -0.1) is 0 Å². The van der Waals surface area contributed by atoms with Crippen LogP contribution in [-0.4, -0.2) is 145 Å². The van der Waals surface area contributed by atoms with Crippen LogP contribution in [0.2, 0.25) is 0 Å². The van der Waals surface area contributed by atoms with Crippen LogP contribution in [0, 0.1) is 5.82 Å². The van der Waals surface area contributed by atoms with Crippen LogP contribution in [0.1, 0.15) is 123 Å². The molecule has 398 valence electrons. The highest BCUT2D eigenvalue weighted by atomic mass is 19.3. The lowest BCUT2D eigenvalue weighted by atomic mass is 10.0. The summed E-state index contributed by atoms with van der Waals surface area (Å²) < 4.78 is 63.8. The standard InChI is InChI=1S/C52H64F3N9O10/c1-50(2,73-23-19-51(3,4)74-28-43(66)59-35-13-9-12-32-44(35)48(70)64(47(32)69)37-14-15-42(65)60-46(37)68)18-22-62-20-16-30(17-21-62)57-45(67)33-24-40(72-6)36(25-34(33)53)58-41-26-38-39(27-56-41)61(5)49(71)52(54,55)29-63(38)31-10-7-8-11-31/h9,12-13,24-27,30-31,37H,7-8,10-11,14-23,28-29H2,1-6H3,(H,56,58)(H,57,67)(H,59,66)(H,60,65,68). The SMILES string of the molecule is COc1cc(C(=O)NC2CCN(CCC(C)(C)OCCC(C)(C)OCC(=O)Nc3cccc4c3C(=O)N(C3CCC(=O)NC3=O)C4=O)CC2)c(F)cc1Nc1cc2c(cn1)N(C)C(=O)C(F)(F)CN2C1CCCC1. The second kappa shape index (κ2) is 21.7. The number of amides is 7. The third kappa shape index (κ3) is 11.8. The van der Waals surface area contributed by atoms with Gasteiger partial charge in [-0.25, -0.2) is 9.37 Å². The van der Waals surface area contributed by atoms with Crippen LogP contribution < -0.4 is 35.8 Å². The summed E-state index contributed by atoms with van der Waals surface area (Å²) in [7, 11) is 2.68. The van der Waals surface area contributed by atoms with Crippen LogP contribution in [0.3, 0.4) is 0 Å². The van der Waals surface area contributed by atoms with Crippen molar-refractivity contribution in [2.24, 2.45) is 0 Å². The number of nitrogens with zero attached hydrogens (tertiary/aromatic N) is 5. The maximum Gasteiger partial charge on any atom is 0.342 e. The number of alkyl halides is 2.